The molecule has 0 heterocycles. The fourth-order valence-electron chi connectivity index (χ4n) is 2.57. The molecule has 0 aliphatic heterocycles. The van der Waals surface area contributed by atoms with Gasteiger partial charge < -0.3 is 15.4 Å². The number of phosphoric acid groups is 1. The van der Waals surface area contributed by atoms with Gasteiger partial charge in [-0.1, -0.05) is 77.6 Å². The quantitative estimate of drug-likeness (QED) is 0.247. The summed E-state index contributed by atoms with van der Waals surface area (Å²) in [6, 6.07) is -0.423. The molecule has 6 nitrogen and oxygen atoms in total. The van der Waals surface area contributed by atoms with Gasteiger partial charge in [0.25, 0.3) is 0 Å². The van der Waals surface area contributed by atoms with Crippen LogP contribution >= 0.6 is 7.82 Å². The highest BCUT2D eigenvalue weighted by atomic mass is 31.2. The van der Waals surface area contributed by atoms with Gasteiger partial charge in [-0.2, -0.15) is 0 Å². The molecule has 152 valence electrons. The monoisotopic (exact) mass is 381 g/mol. The van der Waals surface area contributed by atoms with Crippen molar-refractivity contribution in [1.82, 2.24) is 0 Å². The van der Waals surface area contributed by atoms with Crippen molar-refractivity contribution >= 4 is 7.82 Å². The molecule has 0 aromatic heterocycles. The molecular formula is C18H40NO5P. The molecule has 0 amide bonds. The van der Waals surface area contributed by atoms with Gasteiger partial charge in [0.15, 0.2) is 0 Å². The molecule has 0 aromatic carbocycles. The van der Waals surface area contributed by atoms with Crippen LogP contribution in [-0.4, -0.2) is 37.9 Å². The largest absolute Gasteiger partial charge is 0.471 e. The number of unbranched alkanes of at least 4 members (excludes halogenated alkanes) is 11. The average Bonchev–Trinajstić information content (AvgIpc) is 2.60. The Morgan fingerprint density at radius 1 is 0.880 bits per heavy atom. The van der Waals surface area contributed by atoms with Gasteiger partial charge in [0.2, 0.25) is 0 Å². The van der Waals surface area contributed by atoms with E-state index in [4.69, 9.17) is 19.9 Å². The van der Waals surface area contributed by atoms with E-state index < -0.39 is 13.9 Å². The Morgan fingerprint density at radius 3 is 1.84 bits per heavy atom. The van der Waals surface area contributed by atoms with Crippen LogP contribution in [0.3, 0.4) is 0 Å². The van der Waals surface area contributed by atoms with Crippen LogP contribution in [0.4, 0.5) is 0 Å². The van der Waals surface area contributed by atoms with Crippen molar-refractivity contribution in [2.24, 2.45) is 5.73 Å². The minimum atomic E-state index is -3.94. The summed E-state index contributed by atoms with van der Waals surface area (Å²) in [6.07, 6.45) is 15.8. The lowest BCUT2D eigenvalue weighted by molar-refractivity contribution is 0.0912. The SMILES string of the molecule is CCCCCCCCCCCCCCOC[C@@H](N)COP(=O)(O)OC. The third-order valence-corrected chi connectivity index (χ3v) is 5.09. The second-order valence-electron chi connectivity index (χ2n) is 6.67. The Morgan fingerprint density at radius 2 is 1.36 bits per heavy atom. The number of nitrogens with two attached hydrogens (primary N) is 1. The summed E-state index contributed by atoms with van der Waals surface area (Å²) in [5.41, 5.74) is 5.74. The first-order valence-electron chi connectivity index (χ1n) is 9.88. The highest BCUT2D eigenvalue weighted by Gasteiger charge is 2.19. The summed E-state index contributed by atoms with van der Waals surface area (Å²) in [6.45, 7) is 3.19. The first-order valence-corrected chi connectivity index (χ1v) is 11.4. The van der Waals surface area contributed by atoms with E-state index in [-0.39, 0.29) is 6.61 Å². The van der Waals surface area contributed by atoms with Gasteiger partial charge >= 0.3 is 7.82 Å². The zero-order chi connectivity index (χ0) is 18.8. The lowest BCUT2D eigenvalue weighted by Gasteiger charge is -2.14. The predicted molar refractivity (Wildman–Crippen MR) is 103 cm³/mol. The Balaban J connectivity index is 3.22. The van der Waals surface area contributed by atoms with Crippen molar-refractivity contribution in [2.45, 2.75) is 90.0 Å². The molecule has 2 atom stereocenters. The molecular weight excluding hydrogens is 341 g/mol. The van der Waals surface area contributed by atoms with Gasteiger partial charge in [-0.05, 0) is 6.42 Å². The standard InChI is InChI=1S/C18H40NO5P/c1-3-4-5-6-7-8-9-10-11-12-13-14-15-23-16-18(19)17-24-25(20,21)22-2/h18H,3-17,19H2,1-2H3,(H,20,21)/t18-/m1/s1. The van der Waals surface area contributed by atoms with Crippen molar-refractivity contribution in [2.75, 3.05) is 26.9 Å². The lowest BCUT2D eigenvalue weighted by Crippen LogP contribution is -2.31. The smallest absolute Gasteiger partial charge is 0.380 e. The first-order chi connectivity index (χ1) is 12.0. The van der Waals surface area contributed by atoms with E-state index in [1.165, 1.54) is 70.6 Å². The molecule has 0 radical (unpaired) electrons. The summed E-state index contributed by atoms with van der Waals surface area (Å²) in [4.78, 5) is 9.08. The van der Waals surface area contributed by atoms with Crippen LogP contribution in [0.1, 0.15) is 84.0 Å². The molecule has 25 heavy (non-hydrogen) atoms. The minimum absolute atomic E-state index is 0.0555. The van der Waals surface area contributed by atoms with E-state index in [2.05, 4.69) is 11.4 Å². The molecule has 0 saturated carbocycles. The van der Waals surface area contributed by atoms with Crippen molar-refractivity contribution < 1.29 is 23.2 Å². The Hall–Kier alpha value is 0.0300. The number of hydrogen-bond donors (Lipinski definition) is 2. The van der Waals surface area contributed by atoms with Gasteiger partial charge in [-0.3, -0.25) is 9.05 Å². The third kappa shape index (κ3) is 18.6. The molecule has 0 saturated heterocycles. The van der Waals surface area contributed by atoms with E-state index in [0.717, 1.165) is 13.5 Å². The van der Waals surface area contributed by atoms with Crippen molar-refractivity contribution in [3.05, 3.63) is 0 Å². The summed E-state index contributed by atoms with van der Waals surface area (Å²) in [5.74, 6) is 0. The van der Waals surface area contributed by atoms with Gasteiger partial charge in [0.1, 0.15) is 0 Å². The van der Waals surface area contributed by atoms with Crippen LogP contribution in [0, 0.1) is 0 Å². The van der Waals surface area contributed by atoms with Gasteiger partial charge in [-0.15, -0.1) is 0 Å². The zero-order valence-corrected chi connectivity index (χ0v) is 17.2. The average molecular weight is 381 g/mol. The van der Waals surface area contributed by atoms with E-state index in [9.17, 15) is 4.57 Å². The van der Waals surface area contributed by atoms with Crippen LogP contribution in [0.25, 0.3) is 0 Å². The predicted octanol–water partition coefficient (Wildman–Crippen LogP) is 4.79. The number of rotatable bonds is 19. The van der Waals surface area contributed by atoms with Gasteiger partial charge in [-0.25, -0.2) is 4.57 Å². The van der Waals surface area contributed by atoms with Crippen molar-refractivity contribution in [1.29, 1.82) is 0 Å². The van der Waals surface area contributed by atoms with Crippen molar-refractivity contribution in [3.63, 3.8) is 0 Å². The molecule has 0 aromatic rings. The highest BCUT2D eigenvalue weighted by Crippen LogP contribution is 2.41. The normalized spacial score (nSPS) is 15.2. The Kier molecular flexibility index (Phi) is 17.5. The maximum atomic E-state index is 11.1. The topological polar surface area (TPSA) is 91.0 Å². The lowest BCUT2D eigenvalue weighted by atomic mass is 10.1. The second kappa shape index (κ2) is 17.4. The van der Waals surface area contributed by atoms with E-state index in [1.54, 1.807) is 0 Å². The fraction of sp³-hybridized carbons (Fsp3) is 1.00. The summed E-state index contributed by atoms with van der Waals surface area (Å²) in [7, 11) is -2.81. The van der Waals surface area contributed by atoms with E-state index in [0.29, 0.717) is 13.2 Å². The third-order valence-electron chi connectivity index (χ3n) is 4.16. The highest BCUT2D eigenvalue weighted by molar-refractivity contribution is 7.47. The molecule has 0 fully saturated rings. The molecule has 0 aliphatic carbocycles. The van der Waals surface area contributed by atoms with Crippen LogP contribution < -0.4 is 5.73 Å². The number of hydrogen-bond acceptors (Lipinski definition) is 5. The van der Waals surface area contributed by atoms with Crippen LogP contribution in [0.15, 0.2) is 0 Å². The molecule has 0 bridgehead atoms. The zero-order valence-electron chi connectivity index (χ0n) is 16.3. The first kappa shape index (κ1) is 25.0. The number of ether oxygens (including phenoxy) is 1. The Labute approximate surface area is 154 Å². The summed E-state index contributed by atoms with van der Waals surface area (Å²) >= 11 is 0. The van der Waals surface area contributed by atoms with Crippen LogP contribution in [-0.2, 0) is 18.3 Å². The molecule has 0 aliphatic rings. The maximum absolute atomic E-state index is 11.1. The van der Waals surface area contributed by atoms with E-state index >= 15 is 0 Å². The second-order valence-corrected chi connectivity index (χ2v) is 8.23. The molecule has 0 rings (SSSR count). The summed E-state index contributed by atoms with van der Waals surface area (Å²) in [5, 5.41) is 0. The maximum Gasteiger partial charge on any atom is 0.471 e. The van der Waals surface area contributed by atoms with Crippen molar-refractivity contribution in [3.8, 4) is 0 Å². The molecule has 7 heteroatoms. The van der Waals surface area contributed by atoms with E-state index in [1.807, 2.05) is 0 Å². The van der Waals surface area contributed by atoms with Crippen LogP contribution in [0.5, 0.6) is 0 Å². The Bertz CT molecular complexity index is 331. The van der Waals surface area contributed by atoms with Gasteiger partial charge in [0, 0.05) is 13.7 Å². The van der Waals surface area contributed by atoms with Crippen LogP contribution in [0.2, 0.25) is 0 Å². The fourth-order valence-corrected chi connectivity index (χ4v) is 3.06. The summed E-state index contributed by atoms with van der Waals surface area (Å²) < 4.78 is 25.6. The molecule has 0 spiro atoms. The molecule has 3 N–H and O–H groups in total. The minimum Gasteiger partial charge on any atom is -0.380 e. The number of phosphoric ester groups is 1. The van der Waals surface area contributed by atoms with Gasteiger partial charge in [0.05, 0.1) is 19.3 Å². The molecule has 1 unspecified atom stereocenters.